The molecule has 1 aromatic heterocycles. The molecular formula is C20H20Cl2F3N3O. The lowest BCUT2D eigenvalue weighted by Gasteiger charge is -2.34. The number of hydrogen-bond acceptors (Lipinski definition) is 3. The zero-order valence-electron chi connectivity index (χ0n) is 15.7. The molecule has 4 nitrogen and oxygen atoms in total. The van der Waals surface area contributed by atoms with Crippen LogP contribution in [0.2, 0.25) is 10.0 Å². The Morgan fingerprint density at radius 2 is 1.86 bits per heavy atom. The van der Waals surface area contributed by atoms with E-state index in [1.807, 2.05) is 23.1 Å². The molecule has 0 N–H and O–H groups in total. The number of halogens is 5. The van der Waals surface area contributed by atoms with E-state index in [0.717, 1.165) is 17.8 Å². The van der Waals surface area contributed by atoms with E-state index in [9.17, 15) is 18.0 Å². The molecule has 0 atom stereocenters. The summed E-state index contributed by atoms with van der Waals surface area (Å²) in [6.07, 6.45) is -2.55. The zero-order chi connectivity index (χ0) is 21.2. The minimum Gasteiger partial charge on any atom is -0.355 e. The second kappa shape index (κ2) is 8.79. The molecule has 0 bridgehead atoms. The van der Waals surface area contributed by atoms with Crippen molar-refractivity contribution in [2.45, 2.75) is 25.6 Å². The van der Waals surface area contributed by atoms with Gasteiger partial charge in [0.2, 0.25) is 5.91 Å². The van der Waals surface area contributed by atoms with Crippen LogP contribution in [0.4, 0.5) is 19.0 Å². The zero-order valence-corrected chi connectivity index (χ0v) is 17.2. The number of amides is 1. The molecule has 0 radical (unpaired) electrons. The highest BCUT2D eigenvalue weighted by atomic mass is 35.5. The molecule has 9 heteroatoms. The SMILES string of the molecule is CN(Cc1ccccc1Cl)C(=O)C1CCN(c2ncc(C(F)(F)F)cc2Cl)CC1. The molecule has 1 fully saturated rings. The molecule has 3 rings (SSSR count). The van der Waals surface area contributed by atoms with Gasteiger partial charge >= 0.3 is 6.18 Å². The maximum absolute atomic E-state index is 12.8. The number of hydrogen-bond donors (Lipinski definition) is 0. The van der Waals surface area contributed by atoms with Crippen molar-refractivity contribution in [1.29, 1.82) is 0 Å². The smallest absolute Gasteiger partial charge is 0.355 e. The largest absolute Gasteiger partial charge is 0.417 e. The number of piperidine rings is 1. The summed E-state index contributed by atoms with van der Waals surface area (Å²) in [5.41, 5.74) is 0.000648. The molecule has 0 saturated carbocycles. The fourth-order valence-electron chi connectivity index (χ4n) is 3.43. The van der Waals surface area contributed by atoms with Crippen LogP contribution in [-0.2, 0) is 17.5 Å². The van der Waals surface area contributed by atoms with E-state index < -0.39 is 11.7 Å². The van der Waals surface area contributed by atoms with Gasteiger partial charge in [-0.1, -0.05) is 41.4 Å². The minimum atomic E-state index is -4.49. The van der Waals surface area contributed by atoms with Crippen LogP contribution in [0.25, 0.3) is 0 Å². The molecule has 0 unspecified atom stereocenters. The van der Waals surface area contributed by atoms with Crippen LogP contribution in [0.3, 0.4) is 0 Å². The third-order valence-corrected chi connectivity index (χ3v) is 5.68. The van der Waals surface area contributed by atoms with Gasteiger partial charge in [-0.3, -0.25) is 4.79 Å². The highest BCUT2D eigenvalue weighted by molar-refractivity contribution is 6.33. The molecule has 0 aliphatic carbocycles. The van der Waals surface area contributed by atoms with E-state index in [2.05, 4.69) is 4.98 Å². The number of aromatic nitrogens is 1. The Labute approximate surface area is 177 Å². The van der Waals surface area contributed by atoms with Gasteiger partial charge in [0.05, 0.1) is 10.6 Å². The molecule has 1 aliphatic rings. The van der Waals surface area contributed by atoms with Crippen LogP contribution in [0, 0.1) is 5.92 Å². The van der Waals surface area contributed by atoms with Crippen LogP contribution < -0.4 is 4.90 Å². The van der Waals surface area contributed by atoms with E-state index in [1.54, 1.807) is 18.0 Å². The van der Waals surface area contributed by atoms with Gasteiger partial charge in [0, 0.05) is 43.8 Å². The Hall–Kier alpha value is -1.99. The van der Waals surface area contributed by atoms with Gasteiger partial charge < -0.3 is 9.80 Å². The summed E-state index contributed by atoms with van der Waals surface area (Å²) in [4.78, 5) is 20.2. The number of carbonyl (C=O) groups is 1. The maximum Gasteiger partial charge on any atom is 0.417 e. The van der Waals surface area contributed by atoms with Crippen LogP contribution in [-0.4, -0.2) is 35.9 Å². The lowest BCUT2D eigenvalue weighted by molar-refractivity contribution is -0.138. The fraction of sp³-hybridized carbons (Fsp3) is 0.400. The van der Waals surface area contributed by atoms with Gasteiger partial charge in [0.1, 0.15) is 5.82 Å². The summed E-state index contributed by atoms with van der Waals surface area (Å²) in [5.74, 6) is 0.179. The molecule has 29 heavy (non-hydrogen) atoms. The highest BCUT2D eigenvalue weighted by Gasteiger charge is 2.33. The molecule has 1 saturated heterocycles. The van der Waals surface area contributed by atoms with Gasteiger partial charge in [-0.2, -0.15) is 13.2 Å². The van der Waals surface area contributed by atoms with Crippen molar-refractivity contribution in [3.05, 3.63) is 57.7 Å². The summed E-state index contributed by atoms with van der Waals surface area (Å²) in [7, 11) is 1.74. The summed E-state index contributed by atoms with van der Waals surface area (Å²) in [6, 6.07) is 8.27. The van der Waals surface area contributed by atoms with Crippen LogP contribution in [0.1, 0.15) is 24.0 Å². The quantitative estimate of drug-likeness (QED) is 0.641. The number of carbonyl (C=O) groups excluding carboxylic acids is 1. The number of nitrogens with zero attached hydrogens (tertiary/aromatic N) is 3. The monoisotopic (exact) mass is 445 g/mol. The first-order valence-corrected chi connectivity index (χ1v) is 9.88. The lowest BCUT2D eigenvalue weighted by atomic mass is 9.95. The van der Waals surface area contributed by atoms with Crippen LogP contribution in [0.5, 0.6) is 0 Å². The fourth-order valence-corrected chi connectivity index (χ4v) is 3.91. The van der Waals surface area contributed by atoms with Gasteiger partial charge in [0.15, 0.2) is 0 Å². The van der Waals surface area contributed by atoms with Gasteiger partial charge in [-0.15, -0.1) is 0 Å². The van der Waals surface area contributed by atoms with Gasteiger partial charge in [0.25, 0.3) is 0 Å². The second-order valence-electron chi connectivity index (χ2n) is 7.07. The van der Waals surface area contributed by atoms with E-state index >= 15 is 0 Å². The Morgan fingerprint density at radius 1 is 1.21 bits per heavy atom. The predicted octanol–water partition coefficient (Wildman–Crippen LogP) is 5.28. The summed E-state index contributed by atoms with van der Waals surface area (Å²) in [6.45, 7) is 1.41. The Bertz CT molecular complexity index is 884. The second-order valence-corrected chi connectivity index (χ2v) is 7.89. The average Bonchev–Trinajstić information content (AvgIpc) is 2.68. The molecule has 2 heterocycles. The van der Waals surface area contributed by atoms with Crippen molar-refractivity contribution in [3.63, 3.8) is 0 Å². The summed E-state index contributed by atoms with van der Waals surface area (Å²) in [5, 5.41) is 0.574. The highest BCUT2D eigenvalue weighted by Crippen LogP contribution is 2.34. The van der Waals surface area contributed by atoms with Crippen molar-refractivity contribution in [3.8, 4) is 0 Å². The first kappa shape index (κ1) is 21.7. The van der Waals surface area contributed by atoms with Crippen molar-refractivity contribution >= 4 is 34.9 Å². The molecule has 1 amide bonds. The number of anilines is 1. The van der Waals surface area contributed by atoms with E-state index in [4.69, 9.17) is 23.2 Å². The Morgan fingerprint density at radius 3 is 2.45 bits per heavy atom. The molecular weight excluding hydrogens is 426 g/mol. The van der Waals surface area contributed by atoms with E-state index in [-0.39, 0.29) is 16.8 Å². The average molecular weight is 446 g/mol. The van der Waals surface area contributed by atoms with Gasteiger partial charge in [-0.25, -0.2) is 4.98 Å². The van der Waals surface area contributed by atoms with E-state index in [1.165, 1.54) is 0 Å². The number of benzene rings is 1. The number of rotatable bonds is 4. The Kier molecular flexibility index (Phi) is 6.58. The third kappa shape index (κ3) is 5.14. The summed E-state index contributed by atoms with van der Waals surface area (Å²) < 4.78 is 38.3. The third-order valence-electron chi connectivity index (χ3n) is 5.03. The van der Waals surface area contributed by atoms with Crippen molar-refractivity contribution in [2.75, 3.05) is 25.0 Å². The topological polar surface area (TPSA) is 36.4 Å². The standard InChI is InChI=1S/C20H20Cl2F3N3O/c1-27(12-14-4-2-3-5-16(14)21)19(29)13-6-8-28(9-7-13)18-17(22)10-15(11-26-18)20(23,24)25/h2-5,10-11,13H,6-9,12H2,1H3. The first-order valence-electron chi connectivity index (χ1n) is 9.13. The van der Waals surface area contributed by atoms with E-state index in [0.29, 0.717) is 43.3 Å². The molecule has 2 aromatic rings. The number of alkyl halides is 3. The van der Waals surface area contributed by atoms with Gasteiger partial charge in [-0.05, 0) is 30.5 Å². The first-order chi connectivity index (χ1) is 13.7. The van der Waals surface area contributed by atoms with Crippen molar-refractivity contribution in [1.82, 2.24) is 9.88 Å². The lowest BCUT2D eigenvalue weighted by Crippen LogP contribution is -2.41. The Balaban J connectivity index is 1.60. The maximum atomic E-state index is 12.8. The van der Waals surface area contributed by atoms with Crippen molar-refractivity contribution in [2.24, 2.45) is 5.92 Å². The molecule has 156 valence electrons. The van der Waals surface area contributed by atoms with Crippen LogP contribution >= 0.6 is 23.2 Å². The minimum absolute atomic E-state index is 0.0241. The normalized spacial score (nSPS) is 15.4. The molecule has 1 aliphatic heterocycles. The summed E-state index contributed by atoms with van der Waals surface area (Å²) >= 11 is 12.2. The molecule has 0 spiro atoms. The molecule has 1 aromatic carbocycles. The number of pyridine rings is 1. The van der Waals surface area contributed by atoms with Crippen molar-refractivity contribution < 1.29 is 18.0 Å². The van der Waals surface area contributed by atoms with Crippen LogP contribution in [0.15, 0.2) is 36.5 Å². The predicted molar refractivity (Wildman–Crippen MR) is 107 cm³/mol.